The standard InChI is InChI=1S/C49H29N5.C44H26N6/c1-2-6-42-38(4-1)26-41(29-51-42)45-21-18-31-8-15-40(28-47(31)53-45)43-20-17-30-7-11-37(27-46(30)52-43)35-12-13-36-25-39(16-14-34(36)24-35)44-22-19-33-10-9-32-5-3-23-50-48(32)49(33)54-44;1-2-6-36-35(4-1)26-46-44(50-36)39-22-18-30-12-16-34(25-41(30)48-39)38-20-17-29-11-15-33(24-40(29)47-38)27-7-9-28(10-8-27)37-21-19-32-14-13-31-5-3-23-45-42(31)43(32)49-37/h1-29H;1-26H. The van der Waals surface area contributed by atoms with Crippen LogP contribution in [0.15, 0.2) is 334 Å². The molecule has 0 unspecified atom stereocenters. The van der Waals surface area contributed by atoms with E-state index < -0.39 is 0 Å². The quantitative estimate of drug-likeness (QED) is 0.134. The van der Waals surface area contributed by atoms with Crippen molar-refractivity contribution in [1.82, 2.24) is 54.8 Å². The Kier molecular flexibility index (Phi) is 14.3. The number of fused-ring (bicyclic) bond motifs is 13. The van der Waals surface area contributed by atoms with Crippen LogP contribution in [0.1, 0.15) is 0 Å². The summed E-state index contributed by atoms with van der Waals surface area (Å²) < 4.78 is 0. The third-order valence-corrected chi connectivity index (χ3v) is 19.8. The highest BCUT2D eigenvalue weighted by atomic mass is 14.9. The van der Waals surface area contributed by atoms with Gasteiger partial charge in [0, 0.05) is 106 Å². The van der Waals surface area contributed by atoms with Crippen molar-refractivity contribution in [2.45, 2.75) is 0 Å². The van der Waals surface area contributed by atoms with E-state index in [1.165, 1.54) is 10.8 Å². The third kappa shape index (κ3) is 11.1. The van der Waals surface area contributed by atoms with Gasteiger partial charge in [0.05, 0.1) is 83.6 Å². The molecule has 0 fully saturated rings. The minimum atomic E-state index is 0.611. The van der Waals surface area contributed by atoms with E-state index in [1.54, 1.807) is 0 Å². The van der Waals surface area contributed by atoms with Gasteiger partial charge in [-0.15, -0.1) is 0 Å². The summed E-state index contributed by atoms with van der Waals surface area (Å²) in [7, 11) is 0. The van der Waals surface area contributed by atoms with Crippen LogP contribution in [-0.4, -0.2) is 54.8 Å². The SMILES string of the molecule is c1ccc2nc(-c3ccc4ccc(-c5ccc6ccc(-c7ccc(-c8ccc9ccc%10cccnc%10c9n8)cc7)cc6n5)cc4n3)ncc2c1.c1ccc2ncc(-c3ccc4ccc(-c5ccc6ccc(-c7ccc8cc(-c9ccc%10ccc%11cccnc%11c%10n9)ccc8c7)cc6n5)cc4n3)cc2c1. The minimum absolute atomic E-state index is 0.611. The largest absolute Gasteiger partial charge is 0.256 e. The summed E-state index contributed by atoms with van der Waals surface area (Å²) in [5.41, 5.74) is 24.3. The van der Waals surface area contributed by atoms with Gasteiger partial charge in [0.15, 0.2) is 5.82 Å². The normalized spacial score (nSPS) is 11.7. The number of benzene rings is 11. The van der Waals surface area contributed by atoms with Crippen LogP contribution in [-0.2, 0) is 0 Å². The average Bonchev–Trinajstić information content (AvgIpc) is 0.767. The fourth-order valence-corrected chi connectivity index (χ4v) is 14.2. The lowest BCUT2D eigenvalue weighted by molar-refractivity contribution is 1.19. The Balaban J connectivity index is 0.000000139. The van der Waals surface area contributed by atoms with Crippen LogP contribution >= 0.6 is 0 Å². The van der Waals surface area contributed by atoms with E-state index in [0.29, 0.717) is 5.82 Å². The van der Waals surface area contributed by atoms with Gasteiger partial charge < -0.3 is 0 Å². The molecule has 482 valence electrons. The topological polar surface area (TPSA) is 142 Å². The highest BCUT2D eigenvalue weighted by molar-refractivity contribution is 6.05. The number of pyridine rings is 9. The molecule has 0 amide bonds. The fourth-order valence-electron chi connectivity index (χ4n) is 14.2. The molecule has 0 radical (unpaired) electrons. The molecule has 104 heavy (non-hydrogen) atoms. The lowest BCUT2D eigenvalue weighted by Gasteiger charge is -2.10. The van der Waals surface area contributed by atoms with Gasteiger partial charge in [0.2, 0.25) is 0 Å². The molecule has 11 aromatic carbocycles. The van der Waals surface area contributed by atoms with E-state index >= 15 is 0 Å². The molecule has 11 nitrogen and oxygen atoms in total. The second-order valence-electron chi connectivity index (χ2n) is 26.3. The monoisotopic (exact) mass is 1330 g/mol. The molecular formula is C93H55N11. The summed E-state index contributed by atoms with van der Waals surface area (Å²) in [6, 6.07) is 107. The second kappa shape index (κ2) is 24.9. The number of aromatic nitrogens is 11. The summed E-state index contributed by atoms with van der Waals surface area (Å²) in [5, 5.41) is 13.1. The predicted octanol–water partition coefficient (Wildman–Crippen LogP) is 22.7. The maximum atomic E-state index is 5.15. The lowest BCUT2D eigenvalue weighted by atomic mass is 9.98. The van der Waals surface area contributed by atoms with Crippen LogP contribution in [0.3, 0.4) is 0 Å². The van der Waals surface area contributed by atoms with Gasteiger partial charge in [0.1, 0.15) is 5.69 Å². The van der Waals surface area contributed by atoms with Crippen LogP contribution in [0.4, 0.5) is 0 Å². The van der Waals surface area contributed by atoms with Crippen molar-refractivity contribution in [3.8, 4) is 90.1 Å². The molecule has 10 aromatic heterocycles. The first-order valence-corrected chi connectivity index (χ1v) is 34.6. The molecule has 0 aliphatic rings. The van der Waals surface area contributed by atoms with E-state index in [9.17, 15) is 0 Å². The van der Waals surface area contributed by atoms with E-state index in [0.717, 1.165) is 193 Å². The molecule has 0 atom stereocenters. The molecule has 0 saturated heterocycles. The first kappa shape index (κ1) is 59.7. The van der Waals surface area contributed by atoms with E-state index in [1.807, 2.05) is 85.5 Å². The van der Waals surface area contributed by atoms with Gasteiger partial charge >= 0.3 is 0 Å². The zero-order chi connectivity index (χ0) is 68.6. The smallest absolute Gasteiger partial charge is 0.178 e. The van der Waals surface area contributed by atoms with Crippen molar-refractivity contribution >= 4 is 120 Å². The number of hydrogen-bond acceptors (Lipinski definition) is 11. The Bertz CT molecular complexity index is 7080. The molecule has 11 heteroatoms. The predicted molar refractivity (Wildman–Crippen MR) is 425 cm³/mol. The van der Waals surface area contributed by atoms with E-state index in [2.05, 4.69) is 269 Å². The van der Waals surface area contributed by atoms with Crippen molar-refractivity contribution in [2.24, 2.45) is 0 Å². The van der Waals surface area contributed by atoms with Crippen LogP contribution in [0, 0.1) is 0 Å². The van der Waals surface area contributed by atoms with Crippen molar-refractivity contribution in [3.05, 3.63) is 334 Å². The van der Waals surface area contributed by atoms with Crippen molar-refractivity contribution in [3.63, 3.8) is 0 Å². The minimum Gasteiger partial charge on any atom is -0.256 e. The van der Waals surface area contributed by atoms with E-state index in [4.69, 9.17) is 34.9 Å². The highest BCUT2D eigenvalue weighted by Gasteiger charge is 2.15. The molecule has 0 aliphatic carbocycles. The molecule has 10 heterocycles. The average molecular weight is 1330 g/mol. The van der Waals surface area contributed by atoms with Gasteiger partial charge in [0.25, 0.3) is 0 Å². The molecule has 0 bridgehead atoms. The Labute approximate surface area is 595 Å². The van der Waals surface area contributed by atoms with Gasteiger partial charge in [-0.25, -0.2) is 39.9 Å². The Hall–Kier alpha value is -14.3. The van der Waals surface area contributed by atoms with Crippen molar-refractivity contribution in [1.29, 1.82) is 0 Å². The number of hydrogen-bond donors (Lipinski definition) is 0. The maximum absolute atomic E-state index is 5.15. The fraction of sp³-hybridized carbons (Fsp3) is 0. The maximum Gasteiger partial charge on any atom is 0.178 e. The first-order chi connectivity index (χ1) is 51.4. The molecule has 21 aromatic rings. The molecule has 0 saturated carbocycles. The van der Waals surface area contributed by atoms with Gasteiger partial charge in [-0.3, -0.25) is 15.0 Å². The summed E-state index contributed by atoms with van der Waals surface area (Å²) in [4.78, 5) is 53.6. The molecule has 21 rings (SSSR count). The summed E-state index contributed by atoms with van der Waals surface area (Å²) in [6.45, 7) is 0. The Morgan fingerprint density at radius 1 is 0.154 bits per heavy atom. The molecule has 0 spiro atoms. The summed E-state index contributed by atoms with van der Waals surface area (Å²) in [6.07, 6.45) is 7.41. The van der Waals surface area contributed by atoms with Gasteiger partial charge in [-0.1, -0.05) is 206 Å². The summed E-state index contributed by atoms with van der Waals surface area (Å²) in [5.74, 6) is 0.611. The van der Waals surface area contributed by atoms with Crippen LogP contribution in [0.25, 0.3) is 210 Å². The molecular weight excluding hydrogens is 1270 g/mol. The van der Waals surface area contributed by atoms with Crippen molar-refractivity contribution < 1.29 is 0 Å². The van der Waals surface area contributed by atoms with Crippen LogP contribution in [0.2, 0.25) is 0 Å². The zero-order valence-corrected chi connectivity index (χ0v) is 55.7. The Morgan fingerprint density at radius 3 is 1.07 bits per heavy atom. The van der Waals surface area contributed by atoms with Crippen molar-refractivity contribution in [2.75, 3.05) is 0 Å². The number of nitrogens with zero attached hydrogens (tertiary/aromatic N) is 11. The van der Waals surface area contributed by atoms with E-state index in [-0.39, 0.29) is 0 Å². The Morgan fingerprint density at radius 2 is 0.500 bits per heavy atom. The number of para-hydroxylation sites is 2. The molecule has 0 aliphatic heterocycles. The van der Waals surface area contributed by atoms with Crippen LogP contribution < -0.4 is 0 Å². The van der Waals surface area contributed by atoms with Crippen LogP contribution in [0.5, 0.6) is 0 Å². The first-order valence-electron chi connectivity index (χ1n) is 34.6. The molecule has 0 N–H and O–H groups in total. The van der Waals surface area contributed by atoms with Gasteiger partial charge in [-0.2, -0.15) is 0 Å². The lowest BCUT2D eigenvalue weighted by Crippen LogP contribution is -1.93. The third-order valence-electron chi connectivity index (χ3n) is 19.8. The summed E-state index contributed by atoms with van der Waals surface area (Å²) >= 11 is 0. The highest BCUT2D eigenvalue weighted by Crippen LogP contribution is 2.36. The van der Waals surface area contributed by atoms with Gasteiger partial charge in [-0.05, 0) is 136 Å². The zero-order valence-electron chi connectivity index (χ0n) is 55.7. The number of rotatable bonds is 8. The second-order valence-corrected chi connectivity index (χ2v) is 26.3.